The van der Waals surface area contributed by atoms with Gasteiger partial charge in [0, 0.05) is 22.0 Å². The van der Waals surface area contributed by atoms with Gasteiger partial charge in [-0.25, -0.2) is 5.43 Å². The average molecular weight is 535 g/mol. The molecule has 4 rings (SSSR count). The van der Waals surface area contributed by atoms with Crippen molar-refractivity contribution in [2.45, 2.75) is 30.8 Å². The van der Waals surface area contributed by atoms with E-state index in [1.807, 2.05) is 84.3 Å². The monoisotopic (exact) mass is 534 g/mol. The first-order chi connectivity index (χ1) is 18.0. The highest BCUT2D eigenvalue weighted by molar-refractivity contribution is 8.00. The van der Waals surface area contributed by atoms with E-state index >= 15 is 0 Å². The zero-order chi connectivity index (χ0) is 26.2. The van der Waals surface area contributed by atoms with E-state index in [-0.39, 0.29) is 5.91 Å². The normalized spacial score (nSPS) is 11.9. The summed E-state index contributed by atoms with van der Waals surface area (Å²) in [6.07, 6.45) is 1.56. The lowest BCUT2D eigenvalue weighted by Crippen LogP contribution is -2.27. The van der Waals surface area contributed by atoms with E-state index in [1.165, 1.54) is 11.8 Å². The molecular weight excluding hydrogens is 508 g/mol. The van der Waals surface area contributed by atoms with Gasteiger partial charge in [-0.05, 0) is 61.9 Å². The van der Waals surface area contributed by atoms with Crippen molar-refractivity contribution in [1.29, 1.82) is 0 Å². The van der Waals surface area contributed by atoms with Crippen LogP contribution in [-0.4, -0.2) is 39.2 Å². The Morgan fingerprint density at radius 2 is 1.89 bits per heavy atom. The summed E-state index contributed by atoms with van der Waals surface area (Å²) in [6, 6.07) is 22.9. The molecule has 1 atom stereocenters. The van der Waals surface area contributed by atoms with Gasteiger partial charge in [0.1, 0.15) is 5.75 Å². The molecule has 2 N–H and O–H groups in total. The molecule has 1 aromatic heterocycles. The number of aromatic nitrogens is 3. The average Bonchev–Trinajstić information content (AvgIpc) is 3.31. The fourth-order valence-electron chi connectivity index (χ4n) is 3.57. The van der Waals surface area contributed by atoms with Crippen molar-refractivity contribution in [2.75, 3.05) is 12.4 Å². The molecule has 0 fully saturated rings. The van der Waals surface area contributed by atoms with Crippen LogP contribution < -0.4 is 15.5 Å². The van der Waals surface area contributed by atoms with Gasteiger partial charge in [0.25, 0.3) is 5.91 Å². The summed E-state index contributed by atoms with van der Waals surface area (Å²) in [4.78, 5) is 12.8. The Kier molecular flexibility index (Phi) is 8.81. The van der Waals surface area contributed by atoms with Crippen LogP contribution in [0.3, 0.4) is 0 Å². The number of hydrogen-bond donors (Lipinski definition) is 2. The van der Waals surface area contributed by atoms with Gasteiger partial charge < -0.3 is 10.1 Å². The maximum absolute atomic E-state index is 12.8. The first kappa shape index (κ1) is 26.2. The van der Waals surface area contributed by atoms with E-state index in [0.717, 1.165) is 22.5 Å². The van der Waals surface area contributed by atoms with Crippen molar-refractivity contribution in [3.63, 3.8) is 0 Å². The molecule has 0 saturated carbocycles. The van der Waals surface area contributed by atoms with Crippen LogP contribution in [0, 0.1) is 6.92 Å². The van der Waals surface area contributed by atoms with Crippen LogP contribution >= 0.6 is 23.4 Å². The predicted molar refractivity (Wildman–Crippen MR) is 149 cm³/mol. The number of nitrogens with one attached hydrogen (secondary N) is 2. The van der Waals surface area contributed by atoms with E-state index in [9.17, 15) is 4.79 Å². The van der Waals surface area contributed by atoms with Crippen molar-refractivity contribution in [2.24, 2.45) is 5.10 Å². The van der Waals surface area contributed by atoms with Gasteiger partial charge >= 0.3 is 0 Å². The molecule has 0 saturated heterocycles. The second-order valence-electron chi connectivity index (χ2n) is 8.12. The smallest absolute Gasteiger partial charge is 0.253 e. The molecule has 0 radical (unpaired) electrons. The number of aryl methyl sites for hydroxylation is 1. The summed E-state index contributed by atoms with van der Waals surface area (Å²) in [7, 11) is 1.59. The number of halogens is 1. The van der Waals surface area contributed by atoms with Crippen molar-refractivity contribution in [3.05, 3.63) is 94.8 Å². The summed E-state index contributed by atoms with van der Waals surface area (Å²) >= 11 is 7.40. The molecule has 37 heavy (non-hydrogen) atoms. The Morgan fingerprint density at radius 1 is 1.14 bits per heavy atom. The summed E-state index contributed by atoms with van der Waals surface area (Å²) < 4.78 is 7.26. The van der Waals surface area contributed by atoms with Gasteiger partial charge in [-0.2, -0.15) is 5.10 Å². The van der Waals surface area contributed by atoms with Crippen LogP contribution in [0.25, 0.3) is 5.69 Å². The second kappa shape index (κ2) is 12.4. The fourth-order valence-corrected chi connectivity index (χ4v) is 4.68. The second-order valence-corrected chi connectivity index (χ2v) is 9.86. The lowest BCUT2D eigenvalue weighted by Gasteiger charge is -2.14. The van der Waals surface area contributed by atoms with Crippen LogP contribution in [0.4, 0.5) is 5.69 Å². The Balaban J connectivity index is 1.48. The number of carbonyl (C=O) groups excluding carboxylic acids is 1. The summed E-state index contributed by atoms with van der Waals surface area (Å²) in [5.74, 6) is 1.13. The Labute approximate surface area is 225 Å². The highest BCUT2D eigenvalue weighted by atomic mass is 35.5. The summed E-state index contributed by atoms with van der Waals surface area (Å²) in [6.45, 7) is 4.24. The van der Waals surface area contributed by atoms with E-state index in [0.29, 0.717) is 28.3 Å². The molecule has 3 aromatic carbocycles. The fraction of sp³-hybridized carbons (Fsp3) is 0.185. The number of methoxy groups -OCH3 is 1. The first-order valence-corrected chi connectivity index (χ1v) is 12.8. The molecular formula is C27H27ClN6O2S. The van der Waals surface area contributed by atoms with E-state index in [4.69, 9.17) is 16.3 Å². The molecule has 1 heterocycles. The first-order valence-electron chi connectivity index (χ1n) is 11.6. The number of para-hydroxylation sites is 2. The molecule has 0 bridgehead atoms. The van der Waals surface area contributed by atoms with Crippen LogP contribution in [-0.2, 0) is 11.3 Å². The lowest BCUT2D eigenvalue weighted by molar-refractivity contribution is -0.120. The lowest BCUT2D eigenvalue weighted by atomic mass is 10.2. The third kappa shape index (κ3) is 6.69. The van der Waals surface area contributed by atoms with Gasteiger partial charge in [-0.1, -0.05) is 53.7 Å². The Bertz CT molecular complexity index is 1390. The molecule has 0 spiro atoms. The molecule has 0 aliphatic carbocycles. The number of ether oxygens (including phenoxy) is 1. The van der Waals surface area contributed by atoms with E-state index in [1.54, 1.807) is 20.2 Å². The standard InChI is InChI=1S/C27H27ClN6O2S/c1-18-15-21(28)13-14-23(18)29-17-25-31-33-27(34(25)22-10-5-4-6-11-22)37-19(2)26(35)32-30-16-20-9-7-8-12-24(20)36-3/h4-16,19,29H,17H2,1-3H3,(H,32,35)/b30-16-/t19-/m1/s1. The minimum Gasteiger partial charge on any atom is -0.496 e. The number of rotatable bonds is 10. The van der Waals surface area contributed by atoms with Crippen molar-refractivity contribution >= 4 is 41.2 Å². The molecule has 190 valence electrons. The zero-order valence-corrected chi connectivity index (χ0v) is 22.3. The van der Waals surface area contributed by atoms with Gasteiger partial charge in [-0.3, -0.25) is 9.36 Å². The molecule has 1 amide bonds. The number of hydrogen-bond acceptors (Lipinski definition) is 7. The Morgan fingerprint density at radius 3 is 2.65 bits per heavy atom. The summed E-state index contributed by atoms with van der Waals surface area (Å²) in [5, 5.41) is 17.1. The summed E-state index contributed by atoms with van der Waals surface area (Å²) in [5.41, 5.74) is 6.26. The number of anilines is 1. The molecule has 8 nitrogen and oxygen atoms in total. The van der Waals surface area contributed by atoms with Gasteiger partial charge in [0.15, 0.2) is 11.0 Å². The third-order valence-corrected chi connectivity index (χ3v) is 6.79. The van der Waals surface area contributed by atoms with Crippen molar-refractivity contribution < 1.29 is 9.53 Å². The highest BCUT2D eigenvalue weighted by Gasteiger charge is 2.21. The maximum atomic E-state index is 12.8. The van der Waals surface area contributed by atoms with Gasteiger partial charge in [-0.15, -0.1) is 10.2 Å². The third-order valence-electron chi connectivity index (χ3n) is 5.51. The van der Waals surface area contributed by atoms with Crippen molar-refractivity contribution in [3.8, 4) is 11.4 Å². The minimum atomic E-state index is -0.471. The SMILES string of the molecule is COc1ccccc1/C=N\NC(=O)[C@@H](C)Sc1nnc(CNc2ccc(Cl)cc2C)n1-c1ccccc1. The largest absolute Gasteiger partial charge is 0.496 e. The molecule has 4 aromatic rings. The number of hydrazone groups is 1. The number of nitrogens with zero attached hydrogens (tertiary/aromatic N) is 4. The zero-order valence-electron chi connectivity index (χ0n) is 20.7. The van der Waals surface area contributed by atoms with Crippen LogP contribution in [0.5, 0.6) is 5.75 Å². The molecule has 10 heteroatoms. The molecule has 0 aliphatic rings. The Hall–Kier alpha value is -3.82. The quantitative estimate of drug-likeness (QED) is 0.159. The predicted octanol–water partition coefficient (Wildman–Crippen LogP) is 5.48. The number of carbonyl (C=O) groups is 1. The molecule has 0 unspecified atom stereocenters. The number of benzene rings is 3. The van der Waals surface area contributed by atoms with Gasteiger partial charge in [0.2, 0.25) is 0 Å². The number of amides is 1. The topological polar surface area (TPSA) is 93.4 Å². The van der Waals surface area contributed by atoms with Crippen molar-refractivity contribution in [1.82, 2.24) is 20.2 Å². The minimum absolute atomic E-state index is 0.254. The number of thioether (sulfide) groups is 1. The van der Waals surface area contributed by atoms with Crippen LogP contribution in [0.1, 0.15) is 23.9 Å². The van der Waals surface area contributed by atoms with E-state index in [2.05, 4.69) is 26.0 Å². The maximum Gasteiger partial charge on any atom is 0.253 e. The van der Waals surface area contributed by atoms with E-state index < -0.39 is 5.25 Å². The molecule has 0 aliphatic heterocycles. The van der Waals surface area contributed by atoms with Crippen LogP contribution in [0.15, 0.2) is 83.1 Å². The van der Waals surface area contributed by atoms with Crippen LogP contribution in [0.2, 0.25) is 5.02 Å². The van der Waals surface area contributed by atoms with Gasteiger partial charge in [0.05, 0.1) is 25.1 Å². The highest BCUT2D eigenvalue weighted by Crippen LogP contribution is 2.27.